The Morgan fingerprint density at radius 2 is 1.09 bits per heavy atom. The Morgan fingerprint density at radius 1 is 0.727 bits per heavy atom. The van der Waals surface area contributed by atoms with Gasteiger partial charge in [-0.1, -0.05) is 60.7 Å². The average molecular weight is 342 g/mol. The molecule has 6 nitrogen and oxygen atoms in total. The molecule has 0 heterocycles. The third-order valence-corrected chi connectivity index (χ3v) is 6.24. The summed E-state index contributed by atoms with van der Waals surface area (Å²) in [5, 5.41) is -2.09. The third-order valence-electron chi connectivity index (χ3n) is 3.43. The highest BCUT2D eigenvalue weighted by molar-refractivity contribution is 7.57. The second-order valence-corrected chi connectivity index (χ2v) is 8.46. The van der Waals surface area contributed by atoms with E-state index in [0.717, 1.165) is 0 Å². The van der Waals surface area contributed by atoms with Crippen LogP contribution < -0.4 is 0 Å². The Hall–Kier alpha value is -1.26. The Labute approximate surface area is 127 Å². The second-order valence-electron chi connectivity index (χ2n) is 4.96. The summed E-state index contributed by atoms with van der Waals surface area (Å²) in [6.07, 6.45) is -0.974. The normalized spacial score (nSPS) is 13.1. The van der Waals surface area contributed by atoms with Crippen molar-refractivity contribution < 1.29 is 28.7 Å². The minimum atomic E-state index is -4.94. The molecule has 0 fully saturated rings. The molecule has 2 aromatic rings. The van der Waals surface area contributed by atoms with Gasteiger partial charge in [-0.3, -0.25) is 9.13 Å². The Kier molecular flexibility index (Phi) is 4.73. The van der Waals surface area contributed by atoms with Gasteiger partial charge < -0.3 is 19.6 Å². The molecule has 0 saturated heterocycles. The molecule has 0 saturated carbocycles. The molecule has 0 atom stereocenters. The van der Waals surface area contributed by atoms with Crippen molar-refractivity contribution in [2.45, 2.75) is 5.16 Å². The van der Waals surface area contributed by atoms with Gasteiger partial charge in [-0.15, -0.1) is 0 Å². The summed E-state index contributed by atoms with van der Waals surface area (Å²) in [5.41, 5.74) is 0.329. The second kappa shape index (κ2) is 6.09. The summed E-state index contributed by atoms with van der Waals surface area (Å²) in [6.45, 7) is 0. The Balaban J connectivity index is 2.82. The summed E-state index contributed by atoms with van der Waals surface area (Å²) in [7, 11) is -9.65. The molecule has 2 aromatic carbocycles. The van der Waals surface area contributed by atoms with Crippen molar-refractivity contribution in [1.82, 2.24) is 0 Å². The average Bonchev–Trinajstić information content (AvgIpc) is 2.44. The van der Waals surface area contributed by atoms with Gasteiger partial charge in [-0.2, -0.15) is 0 Å². The number of hydrogen-bond acceptors (Lipinski definition) is 2. The molecule has 0 bridgehead atoms. The highest BCUT2D eigenvalue weighted by Crippen LogP contribution is 2.65. The van der Waals surface area contributed by atoms with Crippen LogP contribution in [-0.4, -0.2) is 25.7 Å². The first-order chi connectivity index (χ1) is 10.2. The first kappa shape index (κ1) is 17.1. The van der Waals surface area contributed by atoms with Crippen LogP contribution in [-0.2, 0) is 14.3 Å². The maximum atomic E-state index is 12.3. The molecule has 0 unspecified atom stereocenters. The van der Waals surface area contributed by atoms with Crippen LogP contribution in [0.25, 0.3) is 0 Å². The zero-order valence-corrected chi connectivity index (χ0v) is 13.3. The fourth-order valence-electron chi connectivity index (χ4n) is 2.50. The van der Waals surface area contributed by atoms with Gasteiger partial charge in [0, 0.05) is 0 Å². The predicted octanol–water partition coefficient (Wildman–Crippen LogP) is 2.29. The van der Waals surface area contributed by atoms with E-state index in [1.54, 1.807) is 36.4 Å². The van der Waals surface area contributed by atoms with Crippen LogP contribution in [0.5, 0.6) is 0 Å². The number of benzene rings is 2. The van der Waals surface area contributed by atoms with E-state index >= 15 is 0 Å². The summed E-state index contributed by atoms with van der Waals surface area (Å²) >= 11 is 0. The van der Waals surface area contributed by atoms with Crippen LogP contribution in [0.3, 0.4) is 0 Å². The fourth-order valence-corrected chi connectivity index (χ4v) is 5.73. The molecule has 0 spiro atoms. The molecule has 4 N–H and O–H groups in total. The van der Waals surface area contributed by atoms with Crippen LogP contribution in [0.2, 0.25) is 0 Å². The van der Waals surface area contributed by atoms with Gasteiger partial charge in [0.15, 0.2) is 0 Å². The Bertz CT molecular complexity index is 680. The van der Waals surface area contributed by atoms with Crippen LogP contribution in [0.4, 0.5) is 0 Å². The lowest BCUT2D eigenvalue weighted by atomic mass is 9.92. The lowest BCUT2D eigenvalue weighted by molar-refractivity contribution is 0.329. The van der Waals surface area contributed by atoms with E-state index in [-0.39, 0.29) is 11.1 Å². The van der Waals surface area contributed by atoms with Crippen LogP contribution in [0.1, 0.15) is 11.1 Å². The van der Waals surface area contributed by atoms with E-state index < -0.39 is 26.5 Å². The van der Waals surface area contributed by atoms with Crippen molar-refractivity contribution in [2.75, 3.05) is 6.16 Å². The molecule has 0 aliphatic rings. The standard InChI is InChI=1S/C14H16O6P2/c15-21(16,17)11-14(22(18,19)20,12-7-3-1-4-8-12)13-9-5-2-6-10-13/h1-10H,11H2,(H2,15,16,17)(H2,18,19,20). The quantitative estimate of drug-likeness (QED) is 0.620. The highest BCUT2D eigenvalue weighted by Gasteiger charge is 2.53. The maximum absolute atomic E-state index is 12.3. The first-order valence-electron chi connectivity index (χ1n) is 6.38. The molecular formula is C14H16O6P2. The van der Waals surface area contributed by atoms with Gasteiger partial charge in [-0.05, 0) is 11.1 Å². The minimum Gasteiger partial charge on any atom is -0.324 e. The van der Waals surface area contributed by atoms with E-state index in [4.69, 9.17) is 0 Å². The van der Waals surface area contributed by atoms with Gasteiger partial charge in [0.1, 0.15) is 5.16 Å². The van der Waals surface area contributed by atoms with E-state index in [2.05, 4.69) is 0 Å². The highest BCUT2D eigenvalue weighted by atomic mass is 31.2. The van der Waals surface area contributed by atoms with Crippen molar-refractivity contribution >= 4 is 15.2 Å². The van der Waals surface area contributed by atoms with Gasteiger partial charge >= 0.3 is 15.2 Å². The SMILES string of the molecule is O=P(O)(O)CC(c1ccccc1)(c1ccccc1)P(=O)(O)O. The third kappa shape index (κ3) is 3.39. The van der Waals surface area contributed by atoms with E-state index in [1.807, 2.05) is 0 Å². The minimum absolute atomic E-state index is 0.165. The molecule has 0 amide bonds. The van der Waals surface area contributed by atoms with Crippen molar-refractivity contribution in [3.63, 3.8) is 0 Å². The molecule has 2 rings (SSSR count). The van der Waals surface area contributed by atoms with E-state index in [0.29, 0.717) is 0 Å². The molecule has 8 heteroatoms. The number of rotatable bonds is 5. The molecule has 22 heavy (non-hydrogen) atoms. The lowest BCUT2D eigenvalue weighted by Crippen LogP contribution is -2.32. The monoisotopic (exact) mass is 342 g/mol. The zero-order chi connectivity index (χ0) is 16.4. The summed E-state index contributed by atoms with van der Waals surface area (Å²) in [4.78, 5) is 38.7. The fraction of sp³-hybridized carbons (Fsp3) is 0.143. The van der Waals surface area contributed by atoms with Crippen LogP contribution >= 0.6 is 15.2 Å². The van der Waals surface area contributed by atoms with Crippen molar-refractivity contribution in [2.24, 2.45) is 0 Å². The van der Waals surface area contributed by atoms with Gasteiger partial charge in [0.2, 0.25) is 0 Å². The van der Waals surface area contributed by atoms with Crippen LogP contribution in [0.15, 0.2) is 60.7 Å². The van der Waals surface area contributed by atoms with Crippen LogP contribution in [0, 0.1) is 0 Å². The summed E-state index contributed by atoms with van der Waals surface area (Å²) < 4.78 is 23.9. The predicted molar refractivity (Wildman–Crippen MR) is 82.6 cm³/mol. The number of hydrogen-bond donors (Lipinski definition) is 4. The first-order valence-corrected chi connectivity index (χ1v) is 9.79. The maximum Gasteiger partial charge on any atom is 0.341 e. The zero-order valence-electron chi connectivity index (χ0n) is 11.5. The van der Waals surface area contributed by atoms with E-state index in [1.165, 1.54) is 24.3 Å². The largest absolute Gasteiger partial charge is 0.341 e. The molecule has 0 radical (unpaired) electrons. The molecule has 0 aliphatic carbocycles. The lowest BCUT2D eigenvalue weighted by Gasteiger charge is -2.35. The van der Waals surface area contributed by atoms with Crippen molar-refractivity contribution in [3.8, 4) is 0 Å². The topological polar surface area (TPSA) is 115 Å². The molecule has 0 aromatic heterocycles. The molecule has 0 aliphatic heterocycles. The van der Waals surface area contributed by atoms with Crippen molar-refractivity contribution in [3.05, 3.63) is 71.8 Å². The smallest absolute Gasteiger partial charge is 0.324 e. The van der Waals surface area contributed by atoms with Gasteiger partial charge in [0.05, 0.1) is 6.16 Å². The Morgan fingerprint density at radius 3 is 1.36 bits per heavy atom. The van der Waals surface area contributed by atoms with Gasteiger partial charge in [0.25, 0.3) is 0 Å². The van der Waals surface area contributed by atoms with E-state index in [9.17, 15) is 28.7 Å². The summed E-state index contributed by atoms with van der Waals surface area (Å²) in [5.74, 6) is 0. The molecule has 118 valence electrons. The van der Waals surface area contributed by atoms with Crippen molar-refractivity contribution in [1.29, 1.82) is 0 Å². The van der Waals surface area contributed by atoms with Gasteiger partial charge in [-0.25, -0.2) is 0 Å². The molecular weight excluding hydrogens is 326 g/mol. The summed E-state index contributed by atoms with van der Waals surface area (Å²) in [6, 6.07) is 15.5.